The molecule has 1 amide bonds. The van der Waals surface area contributed by atoms with Gasteiger partial charge in [-0.15, -0.1) is 0 Å². The number of likely N-dealkylation sites (tertiary alicyclic amines) is 1. The number of nitrogens with zero attached hydrogens (tertiary/aromatic N) is 1. The molecule has 0 radical (unpaired) electrons. The van der Waals surface area contributed by atoms with Gasteiger partial charge in [-0.05, 0) is 12.8 Å². The monoisotopic (exact) mass is 185 g/mol. The number of hydrogen-bond acceptors (Lipinski definition) is 2. The Morgan fingerprint density at radius 1 is 1.54 bits per heavy atom. The van der Waals surface area contributed by atoms with Crippen molar-refractivity contribution in [3.05, 3.63) is 0 Å². The first kappa shape index (κ1) is 10.5. The summed E-state index contributed by atoms with van der Waals surface area (Å²) in [5.74, 6) is 0.213. The summed E-state index contributed by atoms with van der Waals surface area (Å²) in [5.41, 5.74) is 0. The van der Waals surface area contributed by atoms with Gasteiger partial charge in [0.1, 0.15) is 0 Å². The van der Waals surface area contributed by atoms with Crippen LogP contribution in [0.3, 0.4) is 0 Å². The van der Waals surface area contributed by atoms with Crippen molar-refractivity contribution in [1.82, 2.24) is 4.90 Å². The number of amides is 1. The van der Waals surface area contributed by atoms with Gasteiger partial charge in [-0.3, -0.25) is 4.79 Å². The summed E-state index contributed by atoms with van der Waals surface area (Å²) in [7, 11) is 0. The lowest BCUT2D eigenvalue weighted by molar-refractivity contribution is -0.130. The maximum absolute atomic E-state index is 11.5. The number of aliphatic hydroxyl groups excluding tert-OH is 1. The molecule has 1 fully saturated rings. The molecule has 1 heterocycles. The Morgan fingerprint density at radius 3 is 2.85 bits per heavy atom. The van der Waals surface area contributed by atoms with E-state index in [4.69, 9.17) is 0 Å². The molecular weight excluding hydrogens is 166 g/mol. The van der Waals surface area contributed by atoms with Crippen LogP contribution in [-0.4, -0.2) is 35.1 Å². The Morgan fingerprint density at radius 2 is 2.31 bits per heavy atom. The topological polar surface area (TPSA) is 40.5 Å². The highest BCUT2D eigenvalue weighted by atomic mass is 16.3. The van der Waals surface area contributed by atoms with Gasteiger partial charge >= 0.3 is 0 Å². The molecule has 3 nitrogen and oxygen atoms in total. The molecule has 1 N–H and O–H groups in total. The molecule has 0 aliphatic carbocycles. The molecule has 0 bridgehead atoms. The zero-order chi connectivity index (χ0) is 9.68. The predicted molar refractivity (Wildman–Crippen MR) is 51.3 cm³/mol. The van der Waals surface area contributed by atoms with Crippen LogP contribution < -0.4 is 0 Å². The molecule has 1 aliphatic rings. The molecule has 0 saturated carbocycles. The van der Waals surface area contributed by atoms with E-state index in [9.17, 15) is 9.90 Å². The van der Waals surface area contributed by atoms with Gasteiger partial charge in [0.25, 0.3) is 0 Å². The number of carbonyl (C=O) groups is 1. The lowest BCUT2D eigenvalue weighted by Gasteiger charge is -2.14. The van der Waals surface area contributed by atoms with E-state index in [0.29, 0.717) is 13.0 Å². The van der Waals surface area contributed by atoms with Crippen molar-refractivity contribution in [2.75, 3.05) is 13.1 Å². The summed E-state index contributed by atoms with van der Waals surface area (Å²) in [6, 6.07) is 0. The van der Waals surface area contributed by atoms with Crippen LogP contribution in [-0.2, 0) is 4.79 Å². The second kappa shape index (κ2) is 5.22. The zero-order valence-electron chi connectivity index (χ0n) is 8.33. The summed E-state index contributed by atoms with van der Waals surface area (Å²) in [6.07, 6.45) is 4.38. The minimum absolute atomic E-state index is 0.213. The number of hydrogen-bond donors (Lipinski definition) is 1. The number of β-amino-alcohol motifs (C(OH)–C–C–N with tert-alkyl or cyclic N) is 1. The number of aliphatic hydroxyl groups is 1. The highest BCUT2D eigenvalue weighted by Crippen LogP contribution is 2.11. The van der Waals surface area contributed by atoms with Crippen molar-refractivity contribution in [3.8, 4) is 0 Å². The lowest BCUT2D eigenvalue weighted by Crippen LogP contribution is -2.29. The number of rotatable bonds is 4. The van der Waals surface area contributed by atoms with Crippen molar-refractivity contribution >= 4 is 5.91 Å². The van der Waals surface area contributed by atoms with E-state index in [-0.39, 0.29) is 12.0 Å². The second-order valence-corrected chi connectivity index (χ2v) is 3.74. The minimum Gasteiger partial charge on any atom is -0.391 e. The lowest BCUT2D eigenvalue weighted by atomic mass is 10.2. The van der Waals surface area contributed by atoms with E-state index in [1.165, 1.54) is 0 Å². The van der Waals surface area contributed by atoms with Gasteiger partial charge in [-0.2, -0.15) is 0 Å². The van der Waals surface area contributed by atoms with Crippen molar-refractivity contribution in [3.63, 3.8) is 0 Å². The number of carbonyl (C=O) groups excluding carboxylic acids is 1. The van der Waals surface area contributed by atoms with E-state index in [2.05, 4.69) is 6.92 Å². The van der Waals surface area contributed by atoms with Crippen molar-refractivity contribution in [2.45, 2.75) is 45.1 Å². The molecule has 1 saturated heterocycles. The van der Waals surface area contributed by atoms with Crippen molar-refractivity contribution in [1.29, 1.82) is 0 Å². The third kappa shape index (κ3) is 3.35. The van der Waals surface area contributed by atoms with E-state index in [1.807, 2.05) is 0 Å². The molecule has 1 aliphatic heterocycles. The third-order valence-electron chi connectivity index (χ3n) is 2.51. The van der Waals surface area contributed by atoms with Crippen LogP contribution in [0.1, 0.15) is 39.0 Å². The maximum atomic E-state index is 11.5. The molecule has 13 heavy (non-hydrogen) atoms. The summed E-state index contributed by atoms with van der Waals surface area (Å²) in [5, 5.41) is 9.23. The van der Waals surface area contributed by atoms with Crippen LogP contribution in [0.2, 0.25) is 0 Å². The van der Waals surface area contributed by atoms with Gasteiger partial charge in [-0.1, -0.05) is 19.8 Å². The zero-order valence-corrected chi connectivity index (χ0v) is 8.33. The van der Waals surface area contributed by atoms with E-state index in [1.54, 1.807) is 4.90 Å². The SMILES string of the molecule is CCCCCC(=O)N1CC[C@H](O)C1. The predicted octanol–water partition coefficient (Wildman–Crippen LogP) is 1.16. The summed E-state index contributed by atoms with van der Waals surface area (Å²) >= 11 is 0. The molecule has 3 heteroatoms. The molecule has 0 spiro atoms. The van der Waals surface area contributed by atoms with E-state index in [0.717, 1.165) is 32.2 Å². The molecule has 0 unspecified atom stereocenters. The fourth-order valence-corrected chi connectivity index (χ4v) is 1.65. The maximum Gasteiger partial charge on any atom is 0.222 e. The van der Waals surface area contributed by atoms with Gasteiger partial charge in [0.05, 0.1) is 6.10 Å². The van der Waals surface area contributed by atoms with Crippen molar-refractivity contribution < 1.29 is 9.90 Å². The first-order valence-electron chi connectivity index (χ1n) is 5.20. The Labute approximate surface area is 79.7 Å². The Bertz CT molecular complexity index is 170. The van der Waals surface area contributed by atoms with E-state index < -0.39 is 0 Å². The van der Waals surface area contributed by atoms with Crippen LogP contribution in [0.25, 0.3) is 0 Å². The number of unbranched alkanes of at least 4 members (excludes halogenated alkanes) is 2. The average Bonchev–Trinajstić information content (AvgIpc) is 2.52. The molecule has 76 valence electrons. The normalized spacial score (nSPS) is 22.3. The van der Waals surface area contributed by atoms with Crippen LogP contribution in [0.15, 0.2) is 0 Å². The third-order valence-corrected chi connectivity index (χ3v) is 2.51. The smallest absolute Gasteiger partial charge is 0.222 e. The van der Waals surface area contributed by atoms with Crippen LogP contribution in [0.4, 0.5) is 0 Å². The standard InChI is InChI=1S/C10H19NO2/c1-2-3-4-5-10(13)11-7-6-9(12)8-11/h9,12H,2-8H2,1H3/t9-/m0/s1. The Hall–Kier alpha value is -0.570. The van der Waals surface area contributed by atoms with Gasteiger partial charge < -0.3 is 10.0 Å². The molecule has 0 aromatic carbocycles. The molecule has 0 aromatic rings. The fourth-order valence-electron chi connectivity index (χ4n) is 1.65. The molecule has 1 atom stereocenters. The quantitative estimate of drug-likeness (QED) is 0.668. The highest BCUT2D eigenvalue weighted by molar-refractivity contribution is 5.76. The average molecular weight is 185 g/mol. The Balaban J connectivity index is 2.16. The van der Waals surface area contributed by atoms with Crippen molar-refractivity contribution in [2.24, 2.45) is 0 Å². The second-order valence-electron chi connectivity index (χ2n) is 3.74. The van der Waals surface area contributed by atoms with E-state index >= 15 is 0 Å². The largest absolute Gasteiger partial charge is 0.391 e. The van der Waals surface area contributed by atoms with Crippen LogP contribution in [0.5, 0.6) is 0 Å². The van der Waals surface area contributed by atoms with Gasteiger partial charge in [0.15, 0.2) is 0 Å². The first-order chi connectivity index (χ1) is 6.24. The van der Waals surface area contributed by atoms with Crippen LogP contribution >= 0.6 is 0 Å². The molecule has 0 aromatic heterocycles. The van der Waals surface area contributed by atoms with Crippen LogP contribution in [0, 0.1) is 0 Å². The molecular formula is C10H19NO2. The molecule has 1 rings (SSSR count). The van der Waals surface area contributed by atoms with Gasteiger partial charge in [0, 0.05) is 19.5 Å². The fraction of sp³-hybridized carbons (Fsp3) is 0.900. The summed E-state index contributed by atoms with van der Waals surface area (Å²) in [4.78, 5) is 13.3. The first-order valence-corrected chi connectivity index (χ1v) is 5.20. The highest BCUT2D eigenvalue weighted by Gasteiger charge is 2.23. The minimum atomic E-state index is -0.282. The summed E-state index contributed by atoms with van der Waals surface area (Å²) < 4.78 is 0. The van der Waals surface area contributed by atoms with Gasteiger partial charge in [-0.25, -0.2) is 0 Å². The van der Waals surface area contributed by atoms with Gasteiger partial charge in [0.2, 0.25) is 5.91 Å². The summed E-state index contributed by atoms with van der Waals surface area (Å²) in [6.45, 7) is 3.42. The Kier molecular flexibility index (Phi) is 4.22.